The molecule has 1 aromatic heterocycles. The molecular weight excluding hydrogens is 458 g/mol. The summed E-state index contributed by atoms with van der Waals surface area (Å²) >= 11 is 0. The Kier molecular flexibility index (Phi) is 8.65. The van der Waals surface area contributed by atoms with Gasteiger partial charge in [-0.05, 0) is 80.5 Å². The minimum absolute atomic E-state index is 0.0331. The number of imidazole rings is 1. The first kappa shape index (κ1) is 26.5. The van der Waals surface area contributed by atoms with E-state index in [4.69, 9.17) is 9.72 Å². The molecule has 0 fully saturated rings. The number of ether oxygens (including phenoxy) is 1. The quantitative estimate of drug-likeness (QED) is 0.229. The van der Waals surface area contributed by atoms with E-state index >= 15 is 0 Å². The fourth-order valence-corrected chi connectivity index (χ4v) is 4.81. The number of hydrogen-bond donors (Lipinski definition) is 1. The highest BCUT2D eigenvalue weighted by atomic mass is 16.5. The van der Waals surface area contributed by atoms with E-state index in [0.717, 1.165) is 58.7 Å². The average Bonchev–Trinajstić information content (AvgIpc) is 3.21. The Balaban J connectivity index is 1.35. The van der Waals surface area contributed by atoms with Crippen LogP contribution in [0.1, 0.15) is 71.0 Å². The third kappa shape index (κ3) is 6.59. The summed E-state index contributed by atoms with van der Waals surface area (Å²) in [7, 11) is 0. The summed E-state index contributed by atoms with van der Waals surface area (Å²) in [5.74, 6) is 2.41. The van der Waals surface area contributed by atoms with Crippen molar-refractivity contribution >= 4 is 16.9 Å². The molecule has 0 spiro atoms. The lowest BCUT2D eigenvalue weighted by atomic mass is 10.0. The van der Waals surface area contributed by atoms with Gasteiger partial charge in [0.2, 0.25) is 0 Å². The Morgan fingerprint density at radius 2 is 1.73 bits per heavy atom. The zero-order valence-corrected chi connectivity index (χ0v) is 22.8. The van der Waals surface area contributed by atoms with Gasteiger partial charge in [-0.25, -0.2) is 4.98 Å². The summed E-state index contributed by atoms with van der Waals surface area (Å²) in [4.78, 5) is 17.6. The molecule has 0 saturated carbocycles. The number of benzene rings is 3. The molecule has 0 radical (unpaired) electrons. The fourth-order valence-electron chi connectivity index (χ4n) is 4.81. The molecule has 0 aliphatic rings. The van der Waals surface area contributed by atoms with E-state index in [1.807, 2.05) is 38.1 Å². The zero-order chi connectivity index (χ0) is 26.4. The van der Waals surface area contributed by atoms with Crippen LogP contribution >= 0.6 is 0 Å². The lowest BCUT2D eigenvalue weighted by molar-refractivity contribution is 0.0953. The SMILES string of the molecule is Cc1ccc(C(=O)NCCc2nc3ccccc3n2CCCCOc2cc(C)ccc2C(C)C)c(C)c1. The van der Waals surface area contributed by atoms with Crippen molar-refractivity contribution in [1.29, 1.82) is 0 Å². The molecule has 0 unspecified atom stereocenters. The van der Waals surface area contributed by atoms with Crippen LogP contribution < -0.4 is 10.1 Å². The van der Waals surface area contributed by atoms with E-state index in [9.17, 15) is 4.79 Å². The summed E-state index contributed by atoms with van der Waals surface area (Å²) < 4.78 is 8.49. The Labute approximate surface area is 220 Å². The topological polar surface area (TPSA) is 56.2 Å². The molecule has 0 aliphatic carbocycles. The zero-order valence-electron chi connectivity index (χ0n) is 22.8. The molecule has 37 heavy (non-hydrogen) atoms. The molecule has 3 aromatic carbocycles. The first-order valence-corrected chi connectivity index (χ1v) is 13.4. The second-order valence-corrected chi connectivity index (χ2v) is 10.2. The number of fused-ring (bicyclic) bond motifs is 1. The molecule has 4 rings (SSSR count). The molecule has 5 heteroatoms. The molecule has 0 bridgehead atoms. The van der Waals surface area contributed by atoms with Crippen LogP contribution in [-0.2, 0) is 13.0 Å². The Hall–Kier alpha value is -3.60. The van der Waals surface area contributed by atoms with E-state index in [0.29, 0.717) is 25.5 Å². The third-order valence-electron chi connectivity index (χ3n) is 6.82. The van der Waals surface area contributed by atoms with Gasteiger partial charge in [0, 0.05) is 25.1 Å². The highest BCUT2D eigenvalue weighted by Gasteiger charge is 2.13. The highest BCUT2D eigenvalue weighted by Crippen LogP contribution is 2.27. The molecule has 1 amide bonds. The highest BCUT2D eigenvalue weighted by molar-refractivity contribution is 5.95. The van der Waals surface area contributed by atoms with Crippen LogP contribution in [0.4, 0.5) is 0 Å². The van der Waals surface area contributed by atoms with Gasteiger partial charge in [0.25, 0.3) is 5.91 Å². The number of amides is 1. The van der Waals surface area contributed by atoms with Crippen LogP contribution in [0.25, 0.3) is 11.0 Å². The maximum absolute atomic E-state index is 12.7. The number of aromatic nitrogens is 2. The molecule has 4 aromatic rings. The second kappa shape index (κ2) is 12.1. The number of carbonyl (C=O) groups excluding carboxylic acids is 1. The van der Waals surface area contributed by atoms with Crippen LogP contribution in [0.2, 0.25) is 0 Å². The summed E-state index contributed by atoms with van der Waals surface area (Å²) in [5, 5.41) is 3.08. The summed E-state index contributed by atoms with van der Waals surface area (Å²) in [6.45, 7) is 12.6. The standard InChI is InChI=1S/C32H39N3O2/c1-22(2)26-14-12-24(4)21-30(26)37-19-9-8-18-35-29-11-7-6-10-28(29)34-31(35)16-17-33-32(36)27-15-13-23(3)20-25(27)5/h6-7,10-15,20-22H,8-9,16-19H2,1-5H3,(H,33,36). The van der Waals surface area contributed by atoms with Gasteiger partial charge in [0.1, 0.15) is 11.6 Å². The van der Waals surface area contributed by atoms with E-state index < -0.39 is 0 Å². The first-order valence-electron chi connectivity index (χ1n) is 13.4. The van der Waals surface area contributed by atoms with Gasteiger partial charge in [-0.1, -0.05) is 55.8 Å². The fraction of sp³-hybridized carbons (Fsp3) is 0.375. The Morgan fingerprint density at radius 3 is 2.51 bits per heavy atom. The van der Waals surface area contributed by atoms with Gasteiger partial charge in [-0.3, -0.25) is 4.79 Å². The lowest BCUT2D eigenvalue weighted by Gasteiger charge is -2.15. The predicted molar refractivity (Wildman–Crippen MR) is 152 cm³/mol. The minimum atomic E-state index is -0.0331. The Morgan fingerprint density at radius 1 is 0.973 bits per heavy atom. The average molecular weight is 498 g/mol. The number of para-hydroxylation sites is 2. The maximum Gasteiger partial charge on any atom is 0.251 e. The van der Waals surface area contributed by atoms with E-state index in [-0.39, 0.29) is 5.91 Å². The number of hydrogen-bond acceptors (Lipinski definition) is 3. The number of nitrogens with one attached hydrogen (secondary N) is 1. The van der Waals surface area contributed by atoms with E-state index in [1.165, 1.54) is 11.1 Å². The van der Waals surface area contributed by atoms with Crippen molar-refractivity contribution in [3.63, 3.8) is 0 Å². The van der Waals surface area contributed by atoms with Crippen molar-refractivity contribution in [3.8, 4) is 5.75 Å². The first-order chi connectivity index (χ1) is 17.8. The van der Waals surface area contributed by atoms with E-state index in [1.54, 1.807) is 0 Å². The number of nitrogens with zero attached hydrogens (tertiary/aromatic N) is 2. The number of aryl methyl sites for hydroxylation is 4. The number of carbonyl (C=O) groups is 1. The number of rotatable bonds is 11. The van der Waals surface area contributed by atoms with Crippen LogP contribution in [0.5, 0.6) is 5.75 Å². The van der Waals surface area contributed by atoms with Gasteiger partial charge in [0.15, 0.2) is 0 Å². The molecular formula is C32H39N3O2. The largest absolute Gasteiger partial charge is 0.493 e. The molecule has 0 atom stereocenters. The van der Waals surface area contributed by atoms with Gasteiger partial charge in [0.05, 0.1) is 17.6 Å². The normalized spacial score (nSPS) is 11.3. The summed E-state index contributed by atoms with van der Waals surface area (Å²) in [6, 6.07) is 20.6. The Bertz CT molecular complexity index is 1370. The molecule has 194 valence electrons. The van der Waals surface area contributed by atoms with Crippen LogP contribution in [0, 0.1) is 20.8 Å². The van der Waals surface area contributed by atoms with Crippen molar-refractivity contribution < 1.29 is 9.53 Å². The van der Waals surface area contributed by atoms with Crippen LogP contribution in [0.3, 0.4) is 0 Å². The van der Waals surface area contributed by atoms with Gasteiger partial charge >= 0.3 is 0 Å². The van der Waals surface area contributed by atoms with Crippen LogP contribution in [0.15, 0.2) is 60.7 Å². The van der Waals surface area contributed by atoms with Crippen molar-refractivity contribution in [2.24, 2.45) is 0 Å². The molecule has 5 nitrogen and oxygen atoms in total. The van der Waals surface area contributed by atoms with Gasteiger partial charge < -0.3 is 14.6 Å². The van der Waals surface area contributed by atoms with Gasteiger partial charge in [-0.15, -0.1) is 0 Å². The smallest absolute Gasteiger partial charge is 0.251 e. The molecule has 1 heterocycles. The van der Waals surface area contributed by atoms with E-state index in [2.05, 4.69) is 67.1 Å². The molecule has 0 aliphatic heterocycles. The monoisotopic (exact) mass is 497 g/mol. The van der Waals surface area contributed by atoms with Crippen molar-refractivity contribution in [2.75, 3.05) is 13.2 Å². The number of unbranched alkanes of at least 4 members (excludes halogenated alkanes) is 1. The van der Waals surface area contributed by atoms with Crippen molar-refractivity contribution in [2.45, 2.75) is 66.3 Å². The minimum Gasteiger partial charge on any atom is -0.493 e. The second-order valence-electron chi connectivity index (χ2n) is 10.2. The molecule has 0 saturated heterocycles. The predicted octanol–water partition coefficient (Wildman–Crippen LogP) is 6.92. The van der Waals surface area contributed by atoms with Crippen molar-refractivity contribution in [1.82, 2.24) is 14.9 Å². The molecule has 1 N–H and O–H groups in total. The summed E-state index contributed by atoms with van der Waals surface area (Å²) in [6.07, 6.45) is 2.63. The lowest BCUT2D eigenvalue weighted by Crippen LogP contribution is -2.27. The maximum atomic E-state index is 12.7. The summed E-state index contributed by atoms with van der Waals surface area (Å²) in [5.41, 5.74) is 7.50. The van der Waals surface area contributed by atoms with Crippen LogP contribution in [-0.4, -0.2) is 28.6 Å². The van der Waals surface area contributed by atoms with Crippen molar-refractivity contribution in [3.05, 3.63) is 94.3 Å². The third-order valence-corrected chi connectivity index (χ3v) is 6.82. The van der Waals surface area contributed by atoms with Gasteiger partial charge in [-0.2, -0.15) is 0 Å².